The van der Waals surface area contributed by atoms with E-state index >= 15 is 0 Å². The van der Waals surface area contributed by atoms with Gasteiger partial charge in [0, 0.05) is 11.6 Å². The van der Waals surface area contributed by atoms with Gasteiger partial charge in [-0.1, -0.05) is 24.6 Å². The molecule has 0 atom stereocenters. The number of hydrogen-bond donors (Lipinski definition) is 1. The second-order valence-corrected chi connectivity index (χ2v) is 7.80. The number of oxazole rings is 1. The van der Waals surface area contributed by atoms with Gasteiger partial charge in [-0.25, -0.2) is 4.98 Å². The fourth-order valence-electron chi connectivity index (χ4n) is 3.52. The number of benzene rings is 1. The van der Waals surface area contributed by atoms with Crippen LogP contribution in [0.2, 0.25) is 0 Å². The number of rotatable bonds is 6. The van der Waals surface area contributed by atoms with Gasteiger partial charge in [-0.2, -0.15) is 0 Å². The highest BCUT2D eigenvalue weighted by Gasteiger charge is 2.22. The number of Topliss-reactive ketones (excluding diaryl/α,β-unsaturated/α-hetero) is 1. The van der Waals surface area contributed by atoms with E-state index in [1.165, 1.54) is 0 Å². The van der Waals surface area contributed by atoms with Crippen LogP contribution in [0.3, 0.4) is 0 Å². The number of carbonyl (C=O) groups is 2. The Morgan fingerprint density at radius 3 is 2.44 bits per heavy atom. The lowest BCUT2D eigenvalue weighted by atomic mass is 9.87. The molecule has 1 aromatic carbocycles. The summed E-state index contributed by atoms with van der Waals surface area (Å²) in [6.07, 6.45) is 4.30. The minimum atomic E-state index is -0.181. The summed E-state index contributed by atoms with van der Waals surface area (Å²) in [4.78, 5) is 28.9. The zero-order valence-electron chi connectivity index (χ0n) is 16.4. The van der Waals surface area contributed by atoms with E-state index in [-0.39, 0.29) is 30.6 Å². The van der Waals surface area contributed by atoms with Crippen LogP contribution in [-0.4, -0.2) is 22.7 Å². The van der Waals surface area contributed by atoms with E-state index in [1.54, 1.807) is 6.92 Å². The van der Waals surface area contributed by atoms with Gasteiger partial charge in [-0.15, -0.1) is 0 Å². The zero-order chi connectivity index (χ0) is 19.4. The molecule has 0 spiro atoms. The molecule has 5 nitrogen and oxygen atoms in total. The van der Waals surface area contributed by atoms with Crippen molar-refractivity contribution in [1.29, 1.82) is 0 Å². The monoisotopic (exact) mass is 368 g/mol. The first-order chi connectivity index (χ1) is 12.9. The Hall–Kier alpha value is -2.43. The van der Waals surface area contributed by atoms with Gasteiger partial charge in [-0.05, 0) is 57.6 Å². The molecule has 1 saturated carbocycles. The Balaban J connectivity index is 1.54. The van der Waals surface area contributed by atoms with Crippen molar-refractivity contribution < 1.29 is 14.0 Å². The minimum Gasteiger partial charge on any atom is -0.441 e. The number of nitrogens with zero attached hydrogens (tertiary/aromatic N) is 1. The highest BCUT2D eigenvalue weighted by molar-refractivity contribution is 5.98. The molecular weight excluding hydrogens is 340 g/mol. The van der Waals surface area contributed by atoms with Gasteiger partial charge in [0.25, 0.3) is 0 Å². The lowest BCUT2D eigenvalue weighted by molar-refractivity contribution is -0.128. The van der Waals surface area contributed by atoms with Gasteiger partial charge in [0.1, 0.15) is 11.5 Å². The van der Waals surface area contributed by atoms with E-state index in [2.05, 4.69) is 17.2 Å². The molecule has 0 saturated heterocycles. The van der Waals surface area contributed by atoms with E-state index < -0.39 is 0 Å². The van der Waals surface area contributed by atoms with Gasteiger partial charge in [0.2, 0.25) is 11.8 Å². The number of aryl methyl sites for hydroxylation is 2. The maximum Gasteiger partial charge on any atom is 0.227 e. The molecule has 5 heteroatoms. The van der Waals surface area contributed by atoms with E-state index in [9.17, 15) is 9.59 Å². The fourth-order valence-corrected chi connectivity index (χ4v) is 3.52. The summed E-state index contributed by atoms with van der Waals surface area (Å²) < 4.78 is 5.71. The van der Waals surface area contributed by atoms with Crippen LogP contribution in [0.5, 0.6) is 0 Å². The normalized spacial score (nSPS) is 19.7. The molecule has 0 bridgehead atoms. The predicted octanol–water partition coefficient (Wildman–Crippen LogP) is 4.16. The first-order valence-corrected chi connectivity index (χ1v) is 9.75. The van der Waals surface area contributed by atoms with Crippen LogP contribution in [0.1, 0.15) is 56.0 Å². The Morgan fingerprint density at radius 1 is 1.11 bits per heavy atom. The van der Waals surface area contributed by atoms with Crippen LogP contribution < -0.4 is 5.32 Å². The number of hydrogen-bond acceptors (Lipinski definition) is 4. The third-order valence-corrected chi connectivity index (χ3v) is 5.29. The molecular formula is C22H28N2O3. The average Bonchev–Trinajstić information content (AvgIpc) is 2.98. The van der Waals surface area contributed by atoms with Crippen molar-refractivity contribution in [1.82, 2.24) is 10.3 Å². The quantitative estimate of drug-likeness (QED) is 0.777. The summed E-state index contributed by atoms with van der Waals surface area (Å²) in [6, 6.07) is 8.10. The van der Waals surface area contributed by atoms with Gasteiger partial charge >= 0.3 is 0 Å². The summed E-state index contributed by atoms with van der Waals surface area (Å²) in [5.41, 5.74) is 2.65. The molecule has 0 radical (unpaired) electrons. The summed E-state index contributed by atoms with van der Waals surface area (Å²) >= 11 is 0. The Bertz CT molecular complexity index is 799. The molecule has 1 amide bonds. The standard InChI is InChI=1S/C22H28N2O3/c1-14-4-8-17(9-5-14)22-24-20(16(3)27-22)12-19(25)13-21(26)23-18-10-6-15(2)7-11-18/h4-5,8-9,15,18H,6-7,10-13H2,1-3H3,(H,23,26). The molecule has 3 rings (SSSR count). The molecule has 0 aliphatic heterocycles. The van der Waals surface area contributed by atoms with Gasteiger partial charge in [0.05, 0.1) is 18.5 Å². The van der Waals surface area contributed by atoms with Crippen molar-refractivity contribution in [3.05, 3.63) is 41.3 Å². The van der Waals surface area contributed by atoms with Crippen LogP contribution in [0.4, 0.5) is 0 Å². The number of carbonyl (C=O) groups excluding carboxylic acids is 2. The molecule has 27 heavy (non-hydrogen) atoms. The molecule has 0 unspecified atom stereocenters. The summed E-state index contributed by atoms with van der Waals surface area (Å²) in [5.74, 6) is 1.55. The van der Waals surface area contributed by atoms with Gasteiger partial charge < -0.3 is 9.73 Å². The molecule has 2 aromatic rings. The molecule has 1 aliphatic carbocycles. The summed E-state index contributed by atoms with van der Waals surface area (Å²) in [5, 5.41) is 3.00. The van der Waals surface area contributed by atoms with Crippen LogP contribution in [0.15, 0.2) is 28.7 Å². The van der Waals surface area contributed by atoms with Crippen molar-refractivity contribution >= 4 is 11.7 Å². The lowest BCUT2D eigenvalue weighted by Gasteiger charge is -2.26. The van der Waals surface area contributed by atoms with Crippen LogP contribution in [-0.2, 0) is 16.0 Å². The number of nitrogens with one attached hydrogen (secondary N) is 1. The Kier molecular flexibility index (Phi) is 6.09. The van der Waals surface area contributed by atoms with E-state index in [0.717, 1.165) is 42.7 Å². The van der Waals surface area contributed by atoms with Crippen molar-refractivity contribution in [3.63, 3.8) is 0 Å². The maximum absolute atomic E-state index is 12.3. The predicted molar refractivity (Wildman–Crippen MR) is 104 cm³/mol. The SMILES string of the molecule is Cc1ccc(-c2nc(CC(=O)CC(=O)NC3CCC(C)CC3)c(C)o2)cc1. The molecule has 1 fully saturated rings. The fraction of sp³-hybridized carbons (Fsp3) is 0.500. The topological polar surface area (TPSA) is 72.2 Å². The van der Waals surface area contributed by atoms with Crippen molar-refractivity contribution in [2.75, 3.05) is 0 Å². The smallest absolute Gasteiger partial charge is 0.227 e. The maximum atomic E-state index is 12.3. The molecule has 1 aromatic heterocycles. The summed E-state index contributed by atoms with van der Waals surface area (Å²) in [7, 11) is 0. The first kappa shape index (κ1) is 19.3. The van der Waals surface area contributed by atoms with E-state index in [4.69, 9.17) is 4.42 Å². The Morgan fingerprint density at radius 2 is 1.78 bits per heavy atom. The second-order valence-electron chi connectivity index (χ2n) is 7.80. The van der Waals surface area contributed by atoms with Crippen LogP contribution in [0.25, 0.3) is 11.5 Å². The lowest BCUT2D eigenvalue weighted by Crippen LogP contribution is -2.38. The molecule has 144 valence electrons. The van der Waals surface area contributed by atoms with Crippen molar-refractivity contribution in [2.45, 2.75) is 65.3 Å². The van der Waals surface area contributed by atoms with Gasteiger partial charge in [-0.3, -0.25) is 9.59 Å². The third kappa shape index (κ3) is 5.28. The first-order valence-electron chi connectivity index (χ1n) is 9.75. The van der Waals surface area contributed by atoms with Crippen LogP contribution in [0, 0.1) is 19.8 Å². The third-order valence-electron chi connectivity index (χ3n) is 5.29. The number of amides is 1. The largest absolute Gasteiger partial charge is 0.441 e. The average molecular weight is 368 g/mol. The zero-order valence-corrected chi connectivity index (χ0v) is 16.4. The Labute approximate surface area is 160 Å². The van der Waals surface area contributed by atoms with Crippen molar-refractivity contribution in [3.8, 4) is 11.5 Å². The highest BCUT2D eigenvalue weighted by atomic mass is 16.4. The van der Waals surface area contributed by atoms with Gasteiger partial charge in [0.15, 0.2) is 0 Å². The highest BCUT2D eigenvalue weighted by Crippen LogP contribution is 2.24. The minimum absolute atomic E-state index is 0.0990. The second kappa shape index (κ2) is 8.51. The molecule has 1 heterocycles. The summed E-state index contributed by atoms with van der Waals surface area (Å²) in [6.45, 7) is 6.07. The van der Waals surface area contributed by atoms with Crippen LogP contribution >= 0.6 is 0 Å². The van der Waals surface area contributed by atoms with E-state index in [0.29, 0.717) is 17.3 Å². The number of ketones is 1. The van der Waals surface area contributed by atoms with E-state index in [1.807, 2.05) is 31.2 Å². The molecule has 1 N–H and O–H groups in total. The molecule has 1 aliphatic rings. The van der Waals surface area contributed by atoms with Crippen molar-refractivity contribution in [2.24, 2.45) is 5.92 Å². The number of aromatic nitrogens is 1.